The van der Waals surface area contributed by atoms with Crippen molar-refractivity contribution in [2.45, 2.75) is 32.2 Å². The van der Waals surface area contributed by atoms with Gasteiger partial charge in [0.1, 0.15) is 0 Å². The van der Waals surface area contributed by atoms with Crippen molar-refractivity contribution < 1.29 is 9.47 Å². The van der Waals surface area contributed by atoms with Gasteiger partial charge in [-0.3, -0.25) is 0 Å². The highest BCUT2D eigenvalue weighted by Gasteiger charge is 2.16. The predicted molar refractivity (Wildman–Crippen MR) is 83.7 cm³/mol. The molecule has 0 fully saturated rings. The molecule has 0 saturated heterocycles. The molecule has 1 unspecified atom stereocenters. The van der Waals surface area contributed by atoms with Gasteiger partial charge >= 0.3 is 0 Å². The molecule has 20 heavy (non-hydrogen) atoms. The van der Waals surface area contributed by atoms with E-state index in [2.05, 4.69) is 18.2 Å². The molecule has 3 nitrogen and oxygen atoms in total. The van der Waals surface area contributed by atoms with Crippen LogP contribution in [0.15, 0.2) is 12.1 Å². The number of methoxy groups -OCH3 is 2. The highest BCUT2D eigenvalue weighted by molar-refractivity contribution is 6.32. The Morgan fingerprint density at radius 2 is 2.10 bits per heavy atom. The molecule has 0 spiro atoms. The molecular weight excluding hydrogens is 274 g/mol. The molecule has 110 valence electrons. The molecule has 1 aromatic rings. The second-order valence-corrected chi connectivity index (χ2v) is 4.89. The van der Waals surface area contributed by atoms with Gasteiger partial charge in [0.15, 0.2) is 11.5 Å². The Morgan fingerprint density at radius 3 is 2.65 bits per heavy atom. The molecule has 1 atom stereocenters. The van der Waals surface area contributed by atoms with Crippen molar-refractivity contribution in [3.63, 3.8) is 0 Å². The van der Waals surface area contributed by atoms with Crippen LogP contribution in [-0.4, -0.2) is 20.8 Å². The van der Waals surface area contributed by atoms with Crippen molar-refractivity contribution >= 4 is 11.6 Å². The van der Waals surface area contributed by atoms with Crippen LogP contribution in [0.25, 0.3) is 0 Å². The molecule has 0 amide bonds. The monoisotopic (exact) mass is 295 g/mol. The molecule has 1 rings (SSSR count). The number of benzene rings is 1. The van der Waals surface area contributed by atoms with Crippen molar-refractivity contribution in [3.8, 4) is 23.8 Å². The van der Waals surface area contributed by atoms with Crippen LogP contribution in [0.1, 0.15) is 37.8 Å². The van der Waals surface area contributed by atoms with Gasteiger partial charge in [0.05, 0.1) is 19.2 Å². The van der Waals surface area contributed by atoms with Gasteiger partial charge in [-0.1, -0.05) is 18.5 Å². The normalized spacial score (nSPS) is 11.8. The molecule has 0 saturated carbocycles. The Kier molecular flexibility index (Phi) is 7.28. The molecule has 0 radical (unpaired) electrons. The number of nitrogens with one attached hydrogen (secondary N) is 1. The summed E-state index contributed by atoms with van der Waals surface area (Å²) in [5.74, 6) is 3.88. The van der Waals surface area contributed by atoms with Crippen molar-refractivity contribution in [1.82, 2.24) is 5.32 Å². The average Bonchev–Trinajstić information content (AvgIpc) is 2.46. The van der Waals surface area contributed by atoms with Gasteiger partial charge in [-0.25, -0.2) is 0 Å². The summed E-state index contributed by atoms with van der Waals surface area (Å²) in [6.07, 6.45) is 8.01. The van der Waals surface area contributed by atoms with Crippen LogP contribution < -0.4 is 14.8 Å². The minimum atomic E-state index is 0.170. The van der Waals surface area contributed by atoms with Gasteiger partial charge in [0, 0.05) is 12.5 Å². The summed E-state index contributed by atoms with van der Waals surface area (Å²) in [4.78, 5) is 0. The van der Waals surface area contributed by atoms with E-state index in [0.717, 1.165) is 24.9 Å². The predicted octanol–water partition coefficient (Wildman–Crippen LogP) is 3.81. The Hall–Kier alpha value is -1.37. The topological polar surface area (TPSA) is 30.5 Å². The van der Waals surface area contributed by atoms with E-state index in [1.165, 1.54) is 0 Å². The first-order valence-corrected chi connectivity index (χ1v) is 7.13. The number of halogens is 1. The number of ether oxygens (including phenoxy) is 2. The Morgan fingerprint density at radius 1 is 1.35 bits per heavy atom. The number of hydrogen-bond acceptors (Lipinski definition) is 3. The lowest BCUT2D eigenvalue weighted by atomic mass is 10.0. The van der Waals surface area contributed by atoms with Crippen molar-refractivity contribution in [3.05, 3.63) is 22.7 Å². The summed E-state index contributed by atoms with van der Waals surface area (Å²) in [5.41, 5.74) is 1.07. The van der Waals surface area contributed by atoms with Gasteiger partial charge in [-0.2, -0.15) is 0 Å². The van der Waals surface area contributed by atoms with Crippen molar-refractivity contribution in [2.24, 2.45) is 0 Å². The summed E-state index contributed by atoms with van der Waals surface area (Å²) < 4.78 is 10.6. The first-order valence-electron chi connectivity index (χ1n) is 6.76. The van der Waals surface area contributed by atoms with Crippen molar-refractivity contribution in [2.75, 3.05) is 20.8 Å². The largest absolute Gasteiger partial charge is 0.493 e. The van der Waals surface area contributed by atoms with Crippen LogP contribution in [-0.2, 0) is 0 Å². The lowest BCUT2D eigenvalue weighted by Crippen LogP contribution is -2.22. The van der Waals surface area contributed by atoms with E-state index in [0.29, 0.717) is 22.9 Å². The lowest BCUT2D eigenvalue weighted by molar-refractivity contribution is 0.353. The lowest BCUT2D eigenvalue weighted by Gasteiger charge is -2.20. The molecule has 0 aliphatic heterocycles. The number of terminal acetylenes is 1. The average molecular weight is 296 g/mol. The second kappa shape index (κ2) is 8.73. The Balaban J connectivity index is 3.06. The molecule has 0 aliphatic carbocycles. The zero-order valence-electron chi connectivity index (χ0n) is 12.3. The minimum absolute atomic E-state index is 0.170. The van der Waals surface area contributed by atoms with Crippen LogP contribution in [0, 0.1) is 12.3 Å². The van der Waals surface area contributed by atoms with Crippen LogP contribution in [0.2, 0.25) is 5.02 Å². The van der Waals surface area contributed by atoms with Gasteiger partial charge in [-0.05, 0) is 37.1 Å². The SMILES string of the molecule is C#CCCC(NCCC)c1cc(Cl)c(OC)c(OC)c1. The van der Waals surface area contributed by atoms with E-state index in [1.54, 1.807) is 14.2 Å². The number of hydrogen-bond donors (Lipinski definition) is 1. The second-order valence-electron chi connectivity index (χ2n) is 4.49. The van der Waals surface area contributed by atoms with Gasteiger partial charge in [0.2, 0.25) is 0 Å². The first-order chi connectivity index (χ1) is 9.67. The molecule has 0 aliphatic rings. The standard InChI is InChI=1S/C16H22ClNO2/c1-5-7-8-14(18-9-6-2)12-10-13(17)16(20-4)15(11-12)19-3/h1,10-11,14,18H,6-9H2,2-4H3. The van der Waals surface area contributed by atoms with Crippen LogP contribution >= 0.6 is 11.6 Å². The quantitative estimate of drug-likeness (QED) is 0.740. The third-order valence-corrected chi connectivity index (χ3v) is 3.36. The van der Waals surface area contributed by atoms with Crippen LogP contribution in [0.3, 0.4) is 0 Å². The summed E-state index contributed by atoms with van der Waals surface area (Å²) in [6.45, 7) is 3.06. The fourth-order valence-corrected chi connectivity index (χ4v) is 2.37. The van der Waals surface area contributed by atoms with E-state index in [4.69, 9.17) is 27.5 Å². The zero-order valence-corrected chi connectivity index (χ0v) is 13.1. The third-order valence-electron chi connectivity index (χ3n) is 3.08. The van der Waals surface area contributed by atoms with E-state index in [1.807, 2.05) is 12.1 Å². The summed E-state index contributed by atoms with van der Waals surface area (Å²) >= 11 is 6.25. The molecule has 0 heterocycles. The summed E-state index contributed by atoms with van der Waals surface area (Å²) in [6, 6.07) is 4.03. The van der Waals surface area contributed by atoms with E-state index >= 15 is 0 Å². The fourth-order valence-electron chi connectivity index (χ4n) is 2.07. The van der Waals surface area contributed by atoms with Crippen molar-refractivity contribution in [1.29, 1.82) is 0 Å². The maximum atomic E-state index is 6.25. The first kappa shape index (κ1) is 16.7. The fraction of sp³-hybridized carbons (Fsp3) is 0.500. The smallest absolute Gasteiger partial charge is 0.179 e. The van der Waals surface area contributed by atoms with Gasteiger partial charge < -0.3 is 14.8 Å². The maximum Gasteiger partial charge on any atom is 0.179 e. The molecule has 1 N–H and O–H groups in total. The Bertz CT molecular complexity index is 468. The molecular formula is C16H22ClNO2. The molecule has 4 heteroatoms. The maximum absolute atomic E-state index is 6.25. The Labute approximate surface area is 126 Å². The summed E-state index contributed by atoms with van der Waals surface area (Å²) in [7, 11) is 3.18. The third kappa shape index (κ3) is 4.33. The van der Waals surface area contributed by atoms with E-state index in [9.17, 15) is 0 Å². The zero-order chi connectivity index (χ0) is 15.0. The molecule has 1 aromatic carbocycles. The van der Waals surface area contributed by atoms with E-state index < -0.39 is 0 Å². The van der Waals surface area contributed by atoms with E-state index in [-0.39, 0.29) is 6.04 Å². The summed E-state index contributed by atoms with van der Waals surface area (Å²) in [5, 5.41) is 4.03. The van der Waals surface area contributed by atoms with Crippen LogP contribution in [0.4, 0.5) is 0 Å². The highest BCUT2D eigenvalue weighted by Crippen LogP contribution is 2.38. The van der Waals surface area contributed by atoms with Gasteiger partial charge in [0.25, 0.3) is 0 Å². The minimum Gasteiger partial charge on any atom is -0.493 e. The highest BCUT2D eigenvalue weighted by atomic mass is 35.5. The van der Waals surface area contributed by atoms with Crippen LogP contribution in [0.5, 0.6) is 11.5 Å². The molecule has 0 bridgehead atoms. The van der Waals surface area contributed by atoms with Gasteiger partial charge in [-0.15, -0.1) is 12.3 Å². The molecule has 0 aromatic heterocycles. The number of rotatable bonds is 8.